The van der Waals surface area contributed by atoms with Crippen LogP contribution in [0.2, 0.25) is 0 Å². The van der Waals surface area contributed by atoms with Crippen molar-refractivity contribution < 1.29 is 9.13 Å². The van der Waals surface area contributed by atoms with Crippen molar-refractivity contribution in [2.75, 3.05) is 0 Å². The number of hydrogen-bond donors (Lipinski definition) is 1. The standard InChI is InChI=1S/C16H15BrFNO/c17-13-3-1-2-4-15(13)20-16-8-5-11(9-14(16)18)10-19-12-6-7-12/h1-5,8-9,12,19H,6-7,10H2. The van der Waals surface area contributed by atoms with Gasteiger partial charge in [0.05, 0.1) is 4.47 Å². The molecule has 1 fully saturated rings. The van der Waals surface area contributed by atoms with Crippen LogP contribution in [-0.4, -0.2) is 6.04 Å². The van der Waals surface area contributed by atoms with Gasteiger partial charge in [0.15, 0.2) is 11.6 Å². The molecule has 1 N–H and O–H groups in total. The predicted octanol–water partition coefficient (Wildman–Crippen LogP) is 4.63. The Kier molecular flexibility index (Phi) is 4.03. The quantitative estimate of drug-likeness (QED) is 0.859. The van der Waals surface area contributed by atoms with Crippen LogP contribution in [0.5, 0.6) is 11.5 Å². The van der Waals surface area contributed by atoms with Crippen LogP contribution in [0.15, 0.2) is 46.9 Å². The van der Waals surface area contributed by atoms with Gasteiger partial charge in [-0.05, 0) is 58.6 Å². The van der Waals surface area contributed by atoms with Gasteiger partial charge in [-0.15, -0.1) is 0 Å². The Morgan fingerprint density at radius 1 is 1.15 bits per heavy atom. The molecule has 104 valence electrons. The summed E-state index contributed by atoms with van der Waals surface area (Å²) in [7, 11) is 0. The summed E-state index contributed by atoms with van der Waals surface area (Å²) in [5.41, 5.74) is 0.939. The topological polar surface area (TPSA) is 21.3 Å². The summed E-state index contributed by atoms with van der Waals surface area (Å²) in [4.78, 5) is 0. The van der Waals surface area contributed by atoms with Gasteiger partial charge in [-0.2, -0.15) is 0 Å². The Morgan fingerprint density at radius 2 is 1.95 bits per heavy atom. The van der Waals surface area contributed by atoms with Gasteiger partial charge in [0, 0.05) is 12.6 Å². The summed E-state index contributed by atoms with van der Waals surface area (Å²) in [5.74, 6) is 0.512. The van der Waals surface area contributed by atoms with Gasteiger partial charge in [0.25, 0.3) is 0 Å². The highest BCUT2D eigenvalue weighted by atomic mass is 79.9. The van der Waals surface area contributed by atoms with Crippen molar-refractivity contribution in [3.8, 4) is 11.5 Å². The maximum atomic E-state index is 14.0. The molecule has 0 amide bonds. The Labute approximate surface area is 126 Å². The highest BCUT2D eigenvalue weighted by Gasteiger charge is 2.20. The van der Waals surface area contributed by atoms with Gasteiger partial charge in [0.2, 0.25) is 0 Å². The largest absolute Gasteiger partial charge is 0.453 e. The normalized spacial score (nSPS) is 14.3. The number of rotatable bonds is 5. The third-order valence-corrected chi connectivity index (χ3v) is 3.88. The fraction of sp³-hybridized carbons (Fsp3) is 0.250. The van der Waals surface area contributed by atoms with Crippen LogP contribution in [0.4, 0.5) is 4.39 Å². The maximum Gasteiger partial charge on any atom is 0.166 e. The van der Waals surface area contributed by atoms with E-state index in [1.54, 1.807) is 12.1 Å². The maximum absolute atomic E-state index is 14.0. The number of ether oxygens (including phenoxy) is 1. The van der Waals surface area contributed by atoms with Crippen LogP contribution in [0.1, 0.15) is 18.4 Å². The molecule has 0 spiro atoms. The Hall–Kier alpha value is -1.39. The van der Waals surface area contributed by atoms with Crippen molar-refractivity contribution in [1.29, 1.82) is 0 Å². The van der Waals surface area contributed by atoms with Crippen molar-refractivity contribution in [3.05, 3.63) is 58.3 Å². The van der Waals surface area contributed by atoms with E-state index in [1.807, 2.05) is 24.3 Å². The molecule has 2 aromatic rings. The van der Waals surface area contributed by atoms with Crippen LogP contribution >= 0.6 is 15.9 Å². The van der Waals surface area contributed by atoms with E-state index in [4.69, 9.17) is 4.74 Å². The molecule has 20 heavy (non-hydrogen) atoms. The molecule has 0 heterocycles. The molecule has 1 aliphatic carbocycles. The van der Waals surface area contributed by atoms with Gasteiger partial charge in [-0.1, -0.05) is 18.2 Å². The molecule has 0 saturated heterocycles. The zero-order chi connectivity index (χ0) is 13.9. The van der Waals surface area contributed by atoms with Crippen molar-refractivity contribution in [2.45, 2.75) is 25.4 Å². The zero-order valence-electron chi connectivity index (χ0n) is 10.9. The van der Waals surface area contributed by atoms with E-state index in [1.165, 1.54) is 18.9 Å². The fourth-order valence-corrected chi connectivity index (χ4v) is 2.30. The summed E-state index contributed by atoms with van der Waals surface area (Å²) >= 11 is 3.38. The van der Waals surface area contributed by atoms with Crippen LogP contribution < -0.4 is 10.1 Å². The lowest BCUT2D eigenvalue weighted by Gasteiger charge is -2.10. The summed E-state index contributed by atoms with van der Waals surface area (Å²) in [5, 5.41) is 3.36. The van der Waals surface area contributed by atoms with Gasteiger partial charge in [-0.25, -0.2) is 4.39 Å². The van der Waals surface area contributed by atoms with Gasteiger partial charge in [-0.3, -0.25) is 0 Å². The molecule has 0 unspecified atom stereocenters. The minimum absolute atomic E-state index is 0.243. The van der Waals surface area contributed by atoms with Crippen LogP contribution in [-0.2, 0) is 6.54 Å². The van der Waals surface area contributed by atoms with Crippen molar-refractivity contribution >= 4 is 15.9 Å². The average molecular weight is 336 g/mol. The molecule has 0 atom stereocenters. The van der Waals surface area contributed by atoms with E-state index >= 15 is 0 Å². The number of halogens is 2. The average Bonchev–Trinajstić information content (AvgIpc) is 3.26. The molecule has 0 radical (unpaired) electrons. The first kappa shape index (κ1) is 13.6. The van der Waals surface area contributed by atoms with Crippen LogP contribution in [0.3, 0.4) is 0 Å². The second kappa shape index (κ2) is 5.94. The number of para-hydroxylation sites is 1. The number of hydrogen-bond acceptors (Lipinski definition) is 2. The molecule has 2 aromatic carbocycles. The zero-order valence-corrected chi connectivity index (χ0v) is 12.5. The van der Waals surface area contributed by atoms with E-state index in [2.05, 4.69) is 21.2 Å². The molecule has 4 heteroatoms. The first-order valence-corrected chi connectivity index (χ1v) is 7.46. The summed E-state index contributed by atoms with van der Waals surface area (Å²) in [6.07, 6.45) is 2.46. The molecular weight excluding hydrogens is 321 g/mol. The first-order valence-electron chi connectivity index (χ1n) is 6.66. The van der Waals surface area contributed by atoms with E-state index in [0.717, 1.165) is 10.0 Å². The lowest BCUT2D eigenvalue weighted by atomic mass is 10.2. The van der Waals surface area contributed by atoms with Crippen molar-refractivity contribution in [2.24, 2.45) is 0 Å². The van der Waals surface area contributed by atoms with E-state index in [-0.39, 0.29) is 11.6 Å². The second-order valence-electron chi connectivity index (χ2n) is 4.95. The molecule has 3 rings (SSSR count). The van der Waals surface area contributed by atoms with Gasteiger partial charge < -0.3 is 10.1 Å². The lowest BCUT2D eigenvalue weighted by Crippen LogP contribution is -2.15. The minimum Gasteiger partial charge on any atom is -0.453 e. The molecule has 2 nitrogen and oxygen atoms in total. The highest BCUT2D eigenvalue weighted by Crippen LogP contribution is 2.31. The molecular formula is C16H15BrFNO. The van der Waals surface area contributed by atoms with Gasteiger partial charge in [0.1, 0.15) is 5.75 Å². The molecule has 0 bridgehead atoms. The Morgan fingerprint density at radius 3 is 2.65 bits per heavy atom. The summed E-state index contributed by atoms with van der Waals surface area (Å²) in [6, 6.07) is 13.1. The monoisotopic (exact) mass is 335 g/mol. The third kappa shape index (κ3) is 3.38. The molecule has 0 aliphatic heterocycles. The number of benzene rings is 2. The van der Waals surface area contributed by atoms with E-state index in [9.17, 15) is 4.39 Å². The smallest absolute Gasteiger partial charge is 0.166 e. The van der Waals surface area contributed by atoms with Crippen molar-refractivity contribution in [1.82, 2.24) is 5.32 Å². The summed E-state index contributed by atoms with van der Waals surface area (Å²) < 4.78 is 20.4. The van der Waals surface area contributed by atoms with E-state index < -0.39 is 0 Å². The predicted molar refractivity (Wildman–Crippen MR) is 80.5 cm³/mol. The molecule has 1 saturated carbocycles. The number of nitrogens with one attached hydrogen (secondary N) is 1. The molecule has 1 aliphatic rings. The van der Waals surface area contributed by atoms with Gasteiger partial charge >= 0.3 is 0 Å². The summed E-state index contributed by atoms with van der Waals surface area (Å²) in [6.45, 7) is 0.705. The van der Waals surface area contributed by atoms with Crippen LogP contribution in [0, 0.1) is 5.82 Å². The van der Waals surface area contributed by atoms with Crippen molar-refractivity contribution in [3.63, 3.8) is 0 Å². The second-order valence-corrected chi connectivity index (χ2v) is 5.81. The SMILES string of the molecule is Fc1cc(CNC2CC2)ccc1Oc1ccccc1Br. The first-order chi connectivity index (χ1) is 9.72. The molecule has 0 aromatic heterocycles. The highest BCUT2D eigenvalue weighted by molar-refractivity contribution is 9.10. The fourth-order valence-electron chi connectivity index (χ4n) is 1.93. The lowest BCUT2D eigenvalue weighted by molar-refractivity contribution is 0.439. The van der Waals surface area contributed by atoms with Crippen LogP contribution in [0.25, 0.3) is 0 Å². The Balaban J connectivity index is 1.71. The minimum atomic E-state index is -0.337. The Bertz CT molecular complexity index is 613. The van der Waals surface area contributed by atoms with E-state index in [0.29, 0.717) is 18.3 Å². The third-order valence-electron chi connectivity index (χ3n) is 3.23.